The number of carbonyl (C=O) groups is 1. The summed E-state index contributed by atoms with van der Waals surface area (Å²) in [7, 11) is 0. The van der Waals surface area contributed by atoms with E-state index in [1.807, 2.05) is 18.3 Å². The van der Waals surface area contributed by atoms with E-state index in [1.165, 1.54) is 5.56 Å². The summed E-state index contributed by atoms with van der Waals surface area (Å²) in [6.07, 6.45) is 3.17. The van der Waals surface area contributed by atoms with Crippen LogP contribution in [0.1, 0.15) is 40.5 Å². The quantitative estimate of drug-likeness (QED) is 0.328. The van der Waals surface area contributed by atoms with E-state index in [0.29, 0.717) is 12.3 Å². The van der Waals surface area contributed by atoms with Crippen LogP contribution in [-0.2, 0) is 6.42 Å². The summed E-state index contributed by atoms with van der Waals surface area (Å²) in [5.74, 6) is 0.591. The van der Waals surface area contributed by atoms with Crippen molar-refractivity contribution in [3.63, 3.8) is 0 Å². The monoisotopic (exact) mass is 432 g/mol. The third-order valence-electron chi connectivity index (χ3n) is 4.96. The third kappa shape index (κ3) is 3.78. The molecule has 150 valence electrons. The Labute approximate surface area is 181 Å². The number of aromatic amines is 1. The highest BCUT2D eigenvalue weighted by Gasteiger charge is 2.14. The Kier molecular flexibility index (Phi) is 4.92. The van der Waals surface area contributed by atoms with Gasteiger partial charge in [0.15, 0.2) is 5.78 Å². The van der Waals surface area contributed by atoms with E-state index in [0.717, 1.165) is 47.9 Å². The second-order valence-corrected chi connectivity index (χ2v) is 10.00. The molecule has 0 saturated carbocycles. The Balaban J connectivity index is 1.38. The number of H-pyrrole nitrogens is 1. The van der Waals surface area contributed by atoms with Crippen molar-refractivity contribution in [1.82, 2.24) is 20.4 Å². The van der Waals surface area contributed by atoms with Crippen molar-refractivity contribution in [3.8, 4) is 10.6 Å². The summed E-state index contributed by atoms with van der Waals surface area (Å²) in [5.41, 5.74) is 3.27. The van der Waals surface area contributed by atoms with E-state index in [4.69, 9.17) is 0 Å². The predicted octanol–water partition coefficient (Wildman–Crippen LogP) is 6.12. The molecule has 0 aliphatic carbocycles. The number of aromatic nitrogens is 4. The van der Waals surface area contributed by atoms with Crippen molar-refractivity contribution in [3.05, 3.63) is 64.1 Å². The van der Waals surface area contributed by atoms with Gasteiger partial charge in [0.25, 0.3) is 0 Å². The summed E-state index contributed by atoms with van der Waals surface area (Å²) in [4.78, 5) is 13.2. The van der Waals surface area contributed by atoms with Gasteiger partial charge in [-0.25, -0.2) is 0 Å². The fourth-order valence-corrected chi connectivity index (χ4v) is 5.41. The number of rotatable bonds is 6. The minimum Gasteiger partial charge on any atom is -0.293 e. The van der Waals surface area contributed by atoms with Crippen LogP contribution in [0.2, 0.25) is 0 Å². The molecule has 0 bridgehead atoms. The average Bonchev–Trinajstić information content (AvgIpc) is 3.45. The highest BCUT2D eigenvalue weighted by molar-refractivity contribution is 7.21. The molecule has 0 unspecified atom stereocenters. The number of ketones is 1. The van der Waals surface area contributed by atoms with Crippen LogP contribution in [-0.4, -0.2) is 26.2 Å². The van der Waals surface area contributed by atoms with Crippen LogP contribution >= 0.6 is 22.7 Å². The molecule has 2 aromatic carbocycles. The second-order valence-electron chi connectivity index (χ2n) is 7.85. The maximum Gasteiger partial charge on any atom is 0.173 e. The third-order valence-corrected chi connectivity index (χ3v) is 7.07. The first-order chi connectivity index (χ1) is 14.5. The Hall–Kier alpha value is -2.90. The molecule has 0 spiro atoms. The minimum absolute atomic E-state index is 0.223. The number of hydrogen-bond acceptors (Lipinski definition) is 6. The average molecular weight is 433 g/mol. The highest BCUT2D eigenvalue weighted by Crippen LogP contribution is 2.33. The van der Waals surface area contributed by atoms with Gasteiger partial charge in [-0.2, -0.15) is 5.10 Å². The van der Waals surface area contributed by atoms with Crippen LogP contribution in [0, 0.1) is 5.92 Å². The molecule has 5 rings (SSSR count). The molecule has 0 radical (unpaired) electrons. The van der Waals surface area contributed by atoms with E-state index in [2.05, 4.69) is 64.6 Å². The van der Waals surface area contributed by atoms with Gasteiger partial charge in [0.05, 0.1) is 16.6 Å². The molecule has 0 saturated heterocycles. The maximum absolute atomic E-state index is 12.4. The first kappa shape index (κ1) is 19.1. The summed E-state index contributed by atoms with van der Waals surface area (Å²) in [6.45, 7) is 4.15. The van der Waals surface area contributed by atoms with Gasteiger partial charge in [0.2, 0.25) is 0 Å². The Morgan fingerprint density at radius 1 is 1.03 bits per heavy atom. The van der Waals surface area contributed by atoms with Crippen LogP contribution in [0.4, 0.5) is 0 Å². The number of nitrogens with one attached hydrogen (secondary N) is 1. The molecular formula is C23H20N4OS2. The van der Waals surface area contributed by atoms with Gasteiger partial charge in [-0.15, -0.1) is 21.5 Å². The number of nitrogens with zero attached hydrogens (tertiary/aromatic N) is 3. The zero-order chi connectivity index (χ0) is 20.7. The molecule has 0 fully saturated rings. The number of carbonyl (C=O) groups excluding carboxylic acids is 1. The SMILES string of the molecule is CC(C)CC(=O)c1cc2ccc(-c3nnc(Cc4ccc5[nH]ncc5c4)s3)cc2s1. The zero-order valence-corrected chi connectivity index (χ0v) is 18.3. The van der Waals surface area contributed by atoms with E-state index in [-0.39, 0.29) is 5.78 Å². The molecule has 0 aliphatic heterocycles. The van der Waals surface area contributed by atoms with Gasteiger partial charge in [0, 0.05) is 28.5 Å². The molecule has 0 aliphatic rings. The molecule has 0 atom stereocenters. The standard InChI is InChI=1S/C23H20N4OS2/c1-13(2)7-19(28)21-10-15-4-5-16(11-20(15)29-21)23-27-26-22(30-23)9-14-3-6-18-17(8-14)12-24-25-18/h3-6,8,10-13H,7,9H2,1-2H3,(H,24,25). The molecule has 3 heterocycles. The smallest absolute Gasteiger partial charge is 0.173 e. The van der Waals surface area contributed by atoms with Crippen molar-refractivity contribution >= 4 is 49.4 Å². The summed E-state index contributed by atoms with van der Waals surface area (Å²) in [6, 6.07) is 14.5. The Morgan fingerprint density at radius 3 is 2.80 bits per heavy atom. The molecule has 5 nitrogen and oxygen atoms in total. The first-order valence-corrected chi connectivity index (χ1v) is 11.5. The van der Waals surface area contributed by atoms with Crippen molar-refractivity contribution in [1.29, 1.82) is 0 Å². The van der Waals surface area contributed by atoms with Gasteiger partial charge in [-0.05, 0) is 41.1 Å². The lowest BCUT2D eigenvalue weighted by Gasteiger charge is -2.00. The Morgan fingerprint density at radius 2 is 1.93 bits per heavy atom. The van der Waals surface area contributed by atoms with Crippen molar-refractivity contribution in [2.75, 3.05) is 0 Å². The predicted molar refractivity (Wildman–Crippen MR) is 123 cm³/mol. The van der Waals surface area contributed by atoms with Crippen LogP contribution in [0.25, 0.3) is 31.6 Å². The molecule has 5 aromatic rings. The molecule has 0 amide bonds. The summed E-state index contributed by atoms with van der Waals surface area (Å²) >= 11 is 3.18. The largest absolute Gasteiger partial charge is 0.293 e. The number of benzene rings is 2. The highest BCUT2D eigenvalue weighted by atomic mass is 32.1. The van der Waals surface area contributed by atoms with Crippen LogP contribution < -0.4 is 0 Å². The van der Waals surface area contributed by atoms with Gasteiger partial charge in [0.1, 0.15) is 10.0 Å². The number of thiophene rings is 1. The normalized spacial score (nSPS) is 11.7. The molecule has 1 N–H and O–H groups in total. The van der Waals surface area contributed by atoms with E-state index >= 15 is 0 Å². The van der Waals surface area contributed by atoms with Gasteiger partial charge < -0.3 is 0 Å². The van der Waals surface area contributed by atoms with Crippen molar-refractivity contribution in [2.45, 2.75) is 26.7 Å². The lowest BCUT2D eigenvalue weighted by Crippen LogP contribution is -2.00. The fourth-order valence-electron chi connectivity index (χ4n) is 3.49. The zero-order valence-electron chi connectivity index (χ0n) is 16.7. The van der Waals surface area contributed by atoms with Gasteiger partial charge in [-0.1, -0.05) is 43.4 Å². The van der Waals surface area contributed by atoms with E-state index in [9.17, 15) is 4.79 Å². The lowest BCUT2D eigenvalue weighted by molar-refractivity contribution is 0.0972. The van der Waals surface area contributed by atoms with Crippen LogP contribution in [0.3, 0.4) is 0 Å². The van der Waals surface area contributed by atoms with Gasteiger partial charge in [-0.3, -0.25) is 9.89 Å². The minimum atomic E-state index is 0.223. The van der Waals surface area contributed by atoms with E-state index in [1.54, 1.807) is 22.7 Å². The topological polar surface area (TPSA) is 71.5 Å². The van der Waals surface area contributed by atoms with Crippen LogP contribution in [0.15, 0.2) is 48.7 Å². The molecule has 30 heavy (non-hydrogen) atoms. The van der Waals surface area contributed by atoms with E-state index < -0.39 is 0 Å². The lowest BCUT2D eigenvalue weighted by atomic mass is 10.1. The second kappa shape index (κ2) is 7.74. The molecule has 3 aromatic heterocycles. The Bertz CT molecular complexity index is 1360. The number of hydrogen-bond donors (Lipinski definition) is 1. The maximum atomic E-state index is 12.4. The summed E-state index contributed by atoms with van der Waals surface area (Å²) < 4.78 is 1.11. The molecule has 7 heteroatoms. The molecular weight excluding hydrogens is 412 g/mol. The fraction of sp³-hybridized carbons (Fsp3) is 0.217. The number of fused-ring (bicyclic) bond motifs is 2. The number of Topliss-reactive ketones (excluding diaryl/α,β-unsaturated/α-hetero) is 1. The first-order valence-electron chi connectivity index (χ1n) is 9.87. The van der Waals surface area contributed by atoms with Crippen LogP contribution in [0.5, 0.6) is 0 Å². The van der Waals surface area contributed by atoms with Crippen molar-refractivity contribution in [2.24, 2.45) is 5.92 Å². The van der Waals surface area contributed by atoms with Crippen molar-refractivity contribution < 1.29 is 4.79 Å². The summed E-state index contributed by atoms with van der Waals surface area (Å²) in [5, 5.41) is 19.9. The van der Waals surface area contributed by atoms with Gasteiger partial charge >= 0.3 is 0 Å².